The lowest BCUT2D eigenvalue weighted by Crippen LogP contribution is -2.28. The summed E-state index contributed by atoms with van der Waals surface area (Å²) in [6.07, 6.45) is 0.893. The molecule has 1 saturated heterocycles. The fourth-order valence-electron chi connectivity index (χ4n) is 3.79. The monoisotopic (exact) mass is 480 g/mol. The van der Waals surface area contributed by atoms with Crippen molar-refractivity contribution >= 4 is 67.1 Å². The lowest BCUT2D eigenvalue weighted by atomic mass is 10.00. The van der Waals surface area contributed by atoms with Crippen molar-refractivity contribution in [2.75, 3.05) is 4.90 Å². The van der Waals surface area contributed by atoms with Crippen LogP contribution in [0.25, 0.3) is 16.0 Å². The molecule has 2 aromatic heterocycles. The van der Waals surface area contributed by atoms with Crippen molar-refractivity contribution in [1.82, 2.24) is 4.98 Å². The molecule has 1 fully saturated rings. The highest BCUT2D eigenvalue weighted by Gasteiger charge is 2.48. The molecule has 2 aromatic carbocycles. The first-order chi connectivity index (χ1) is 15.5. The van der Waals surface area contributed by atoms with E-state index in [4.69, 9.17) is 11.6 Å². The van der Waals surface area contributed by atoms with Crippen molar-refractivity contribution in [2.24, 2.45) is 0 Å². The average molecular weight is 481 g/mol. The van der Waals surface area contributed by atoms with Gasteiger partial charge in [0.2, 0.25) is 0 Å². The van der Waals surface area contributed by atoms with E-state index < -0.39 is 17.7 Å². The van der Waals surface area contributed by atoms with Gasteiger partial charge in [-0.2, -0.15) is 0 Å². The van der Waals surface area contributed by atoms with Gasteiger partial charge in [-0.25, -0.2) is 4.98 Å². The van der Waals surface area contributed by atoms with Gasteiger partial charge < -0.3 is 5.11 Å². The fraction of sp³-hybridized carbons (Fsp3) is 0.125. The highest BCUT2D eigenvalue weighted by atomic mass is 35.5. The van der Waals surface area contributed by atoms with E-state index in [9.17, 15) is 14.7 Å². The number of rotatable bonds is 4. The van der Waals surface area contributed by atoms with Gasteiger partial charge in [0.05, 0.1) is 15.8 Å². The average Bonchev–Trinajstić information content (AvgIpc) is 3.52. The van der Waals surface area contributed by atoms with Gasteiger partial charge in [-0.3, -0.25) is 14.5 Å². The number of aliphatic hydroxyl groups is 1. The summed E-state index contributed by atoms with van der Waals surface area (Å²) in [5.41, 5.74) is 2.41. The number of nitrogens with zero attached hydrogens (tertiary/aromatic N) is 2. The van der Waals surface area contributed by atoms with Crippen LogP contribution in [0.2, 0.25) is 5.02 Å². The van der Waals surface area contributed by atoms with E-state index in [0.717, 1.165) is 21.5 Å². The number of thiazole rings is 1. The molecular formula is C24H17ClN2O3S2. The molecule has 32 heavy (non-hydrogen) atoms. The van der Waals surface area contributed by atoms with Crippen molar-refractivity contribution in [2.45, 2.75) is 19.4 Å². The van der Waals surface area contributed by atoms with Crippen LogP contribution in [0.1, 0.15) is 29.0 Å². The summed E-state index contributed by atoms with van der Waals surface area (Å²) in [5, 5.41) is 13.9. The quantitative estimate of drug-likeness (QED) is 0.214. The number of amides is 1. The van der Waals surface area contributed by atoms with E-state index in [2.05, 4.69) is 18.0 Å². The zero-order valence-corrected chi connectivity index (χ0v) is 19.3. The molecule has 160 valence electrons. The van der Waals surface area contributed by atoms with E-state index in [1.807, 2.05) is 29.6 Å². The number of carbonyl (C=O) groups excluding carboxylic acids is 2. The van der Waals surface area contributed by atoms with Crippen LogP contribution in [0.3, 0.4) is 0 Å². The first-order valence-corrected chi connectivity index (χ1v) is 12.0. The zero-order chi connectivity index (χ0) is 22.4. The van der Waals surface area contributed by atoms with Crippen LogP contribution in [0.5, 0.6) is 0 Å². The minimum absolute atomic E-state index is 0.0493. The van der Waals surface area contributed by atoms with Crippen molar-refractivity contribution in [1.29, 1.82) is 0 Å². The first kappa shape index (κ1) is 20.9. The number of ketones is 1. The largest absolute Gasteiger partial charge is 0.507 e. The number of fused-ring (bicyclic) bond motifs is 1. The molecule has 1 aliphatic heterocycles. The molecule has 1 atom stereocenters. The number of Topliss-reactive ketones (excluding diaryl/α,β-unsaturated/α-hetero) is 1. The molecule has 0 aliphatic carbocycles. The minimum atomic E-state index is -0.753. The molecular weight excluding hydrogens is 464 g/mol. The van der Waals surface area contributed by atoms with Gasteiger partial charge in [0.25, 0.3) is 5.78 Å². The molecule has 1 N–H and O–H groups in total. The van der Waals surface area contributed by atoms with Crippen LogP contribution < -0.4 is 4.90 Å². The number of aryl methyl sites for hydroxylation is 1. The van der Waals surface area contributed by atoms with Gasteiger partial charge in [-0.1, -0.05) is 42.0 Å². The predicted octanol–water partition coefficient (Wildman–Crippen LogP) is 6.20. The lowest BCUT2D eigenvalue weighted by molar-refractivity contribution is -0.132. The summed E-state index contributed by atoms with van der Waals surface area (Å²) in [7, 11) is 0. The highest BCUT2D eigenvalue weighted by molar-refractivity contribution is 7.22. The Morgan fingerprint density at radius 2 is 1.94 bits per heavy atom. The number of halogens is 1. The number of anilines is 1. The number of aliphatic hydroxyl groups excluding tert-OH is 1. The van der Waals surface area contributed by atoms with E-state index >= 15 is 0 Å². The lowest BCUT2D eigenvalue weighted by Gasteiger charge is -2.21. The Balaban J connectivity index is 1.69. The van der Waals surface area contributed by atoms with Gasteiger partial charge in [-0.05, 0) is 59.8 Å². The summed E-state index contributed by atoms with van der Waals surface area (Å²) in [6.45, 7) is 2.08. The molecule has 8 heteroatoms. The molecule has 1 aliphatic rings. The number of hydrogen-bond acceptors (Lipinski definition) is 6. The van der Waals surface area contributed by atoms with E-state index in [-0.39, 0.29) is 11.3 Å². The van der Waals surface area contributed by atoms with Crippen molar-refractivity contribution in [3.63, 3.8) is 0 Å². The van der Waals surface area contributed by atoms with E-state index in [1.54, 1.807) is 24.3 Å². The Morgan fingerprint density at radius 1 is 1.16 bits per heavy atom. The Labute approximate surface area is 197 Å². The second-order valence-electron chi connectivity index (χ2n) is 7.34. The molecule has 4 aromatic rings. The molecule has 1 unspecified atom stereocenters. The van der Waals surface area contributed by atoms with Crippen molar-refractivity contribution < 1.29 is 14.7 Å². The SMILES string of the molecule is CCc1ccc2nc(N3C(=O)C(=O)/C(=C(/O)c4ccc(Cl)cc4)C3c3cccs3)sc2c1. The van der Waals surface area contributed by atoms with Gasteiger partial charge in [0.15, 0.2) is 5.13 Å². The maximum atomic E-state index is 13.2. The van der Waals surface area contributed by atoms with Crippen LogP contribution >= 0.6 is 34.3 Å². The third-order valence-electron chi connectivity index (χ3n) is 5.43. The third-order valence-corrected chi connectivity index (χ3v) is 7.62. The Bertz CT molecular complexity index is 1370. The Kier molecular flexibility index (Phi) is 5.33. The van der Waals surface area contributed by atoms with Crippen LogP contribution in [-0.4, -0.2) is 21.8 Å². The standard InChI is InChI=1S/C24H17ClN2O3S2/c1-2-13-5-10-16-18(12-13)32-24(26-16)27-20(17-4-3-11-31-17)19(22(29)23(27)30)21(28)14-6-8-15(25)9-7-14/h3-12,20,28H,2H2,1H3/b21-19+. The molecule has 3 heterocycles. The van der Waals surface area contributed by atoms with E-state index in [0.29, 0.717) is 15.7 Å². The third kappa shape index (κ3) is 3.43. The summed E-state index contributed by atoms with van der Waals surface area (Å²) in [4.78, 5) is 33.2. The molecule has 0 bridgehead atoms. The molecule has 0 radical (unpaired) electrons. The second kappa shape index (κ2) is 8.16. The number of hydrogen-bond donors (Lipinski definition) is 1. The summed E-state index contributed by atoms with van der Waals surface area (Å²) >= 11 is 8.75. The maximum Gasteiger partial charge on any atom is 0.301 e. The summed E-state index contributed by atoms with van der Waals surface area (Å²) in [6, 6.07) is 15.5. The summed E-state index contributed by atoms with van der Waals surface area (Å²) in [5.74, 6) is -1.66. The second-order valence-corrected chi connectivity index (χ2v) is 9.77. The smallest absolute Gasteiger partial charge is 0.301 e. The van der Waals surface area contributed by atoms with Gasteiger partial charge in [0.1, 0.15) is 11.8 Å². The number of thiophene rings is 1. The fourth-order valence-corrected chi connectivity index (χ4v) is 5.79. The van der Waals surface area contributed by atoms with E-state index in [1.165, 1.54) is 33.1 Å². The number of benzene rings is 2. The molecule has 0 saturated carbocycles. The van der Waals surface area contributed by atoms with Crippen LogP contribution in [0, 0.1) is 0 Å². The van der Waals surface area contributed by atoms with Crippen LogP contribution in [-0.2, 0) is 16.0 Å². The topological polar surface area (TPSA) is 70.5 Å². The highest BCUT2D eigenvalue weighted by Crippen LogP contribution is 2.45. The van der Waals surface area contributed by atoms with Gasteiger partial charge >= 0.3 is 5.91 Å². The van der Waals surface area contributed by atoms with Crippen LogP contribution in [0.4, 0.5) is 5.13 Å². The minimum Gasteiger partial charge on any atom is -0.507 e. The van der Waals surface area contributed by atoms with Crippen molar-refractivity contribution in [3.8, 4) is 0 Å². The van der Waals surface area contributed by atoms with Crippen LogP contribution in [0.15, 0.2) is 65.6 Å². The first-order valence-electron chi connectivity index (χ1n) is 9.97. The zero-order valence-electron chi connectivity index (χ0n) is 16.9. The molecule has 5 rings (SSSR count). The number of aromatic nitrogens is 1. The summed E-state index contributed by atoms with van der Waals surface area (Å²) < 4.78 is 0.948. The Hall–Kier alpha value is -3.00. The predicted molar refractivity (Wildman–Crippen MR) is 130 cm³/mol. The molecule has 0 spiro atoms. The molecule has 5 nitrogen and oxygen atoms in total. The van der Waals surface area contributed by atoms with Gasteiger partial charge in [-0.15, -0.1) is 11.3 Å². The van der Waals surface area contributed by atoms with Gasteiger partial charge in [0, 0.05) is 15.5 Å². The molecule has 1 amide bonds. The normalized spacial score (nSPS) is 18.1. The van der Waals surface area contributed by atoms with Crippen molar-refractivity contribution in [3.05, 3.63) is 86.6 Å². The number of carbonyl (C=O) groups is 2. The Morgan fingerprint density at radius 3 is 2.62 bits per heavy atom. The maximum absolute atomic E-state index is 13.2.